The van der Waals surface area contributed by atoms with Crippen molar-refractivity contribution in [2.45, 2.75) is 19.8 Å². The monoisotopic (exact) mass is 270 g/mol. The first-order valence-corrected chi connectivity index (χ1v) is 6.62. The smallest absolute Gasteiger partial charge is 0.316 e. The number of fused-ring (bicyclic) bond motifs is 1. The van der Waals surface area contributed by atoms with Gasteiger partial charge < -0.3 is 4.74 Å². The van der Waals surface area contributed by atoms with Crippen LogP contribution < -0.4 is 0 Å². The molecular weight excluding hydrogens is 252 g/mol. The summed E-state index contributed by atoms with van der Waals surface area (Å²) in [5, 5.41) is 2.17. The predicted octanol–water partition coefficient (Wildman–Crippen LogP) is 3.32. The minimum atomic E-state index is -0.759. The minimum absolute atomic E-state index is 0.169. The summed E-state index contributed by atoms with van der Waals surface area (Å²) in [4.78, 5) is 23.7. The molecule has 2 rings (SSSR count). The molecule has 0 aromatic heterocycles. The number of hydrogen-bond acceptors (Lipinski definition) is 3. The number of benzene rings is 2. The molecule has 0 bridgehead atoms. The van der Waals surface area contributed by atoms with Crippen LogP contribution in [0.2, 0.25) is 0 Å². The summed E-state index contributed by atoms with van der Waals surface area (Å²) in [5.74, 6) is -1.62. The number of carbonyl (C=O) groups is 2. The molecule has 2 atom stereocenters. The van der Waals surface area contributed by atoms with E-state index in [0.717, 1.165) is 16.3 Å². The van der Waals surface area contributed by atoms with Gasteiger partial charge in [-0.3, -0.25) is 9.59 Å². The average Bonchev–Trinajstić information content (AvgIpc) is 2.46. The predicted molar refractivity (Wildman–Crippen MR) is 78.6 cm³/mol. The van der Waals surface area contributed by atoms with Gasteiger partial charge in [-0.2, -0.15) is 0 Å². The Balaban J connectivity index is 2.52. The van der Waals surface area contributed by atoms with Gasteiger partial charge in [0, 0.05) is 5.92 Å². The van der Waals surface area contributed by atoms with E-state index < -0.39 is 11.9 Å². The Kier molecular flexibility index (Phi) is 4.18. The van der Waals surface area contributed by atoms with Crippen molar-refractivity contribution in [2.75, 3.05) is 7.11 Å². The maximum absolute atomic E-state index is 11.9. The van der Waals surface area contributed by atoms with Crippen molar-refractivity contribution in [3.05, 3.63) is 48.0 Å². The number of carbonyl (C=O) groups excluding carboxylic acids is 2. The summed E-state index contributed by atoms with van der Waals surface area (Å²) in [7, 11) is 1.31. The molecule has 0 spiro atoms. The number of methoxy groups -OCH3 is 1. The van der Waals surface area contributed by atoms with Gasteiger partial charge in [0.1, 0.15) is 11.7 Å². The molecule has 2 aromatic rings. The highest BCUT2D eigenvalue weighted by Gasteiger charge is 2.32. The summed E-state index contributed by atoms with van der Waals surface area (Å²) in [6, 6.07) is 13.9. The largest absolute Gasteiger partial charge is 0.468 e. The van der Waals surface area contributed by atoms with Crippen molar-refractivity contribution in [3.63, 3.8) is 0 Å². The number of rotatable bonds is 4. The number of ketones is 1. The summed E-state index contributed by atoms with van der Waals surface area (Å²) in [6.07, 6.45) is 0. The maximum atomic E-state index is 11.9. The molecule has 2 unspecified atom stereocenters. The summed E-state index contributed by atoms with van der Waals surface area (Å²) < 4.78 is 4.77. The van der Waals surface area contributed by atoms with E-state index in [4.69, 9.17) is 4.74 Å². The van der Waals surface area contributed by atoms with Crippen molar-refractivity contribution in [3.8, 4) is 0 Å². The Morgan fingerprint density at radius 2 is 1.70 bits per heavy atom. The zero-order valence-electron chi connectivity index (χ0n) is 11.9. The van der Waals surface area contributed by atoms with E-state index in [1.54, 1.807) is 0 Å². The fraction of sp³-hybridized carbons (Fsp3) is 0.294. The molecule has 0 amide bonds. The third-order valence-corrected chi connectivity index (χ3v) is 3.71. The molecule has 0 saturated carbocycles. The van der Waals surface area contributed by atoms with Crippen molar-refractivity contribution in [1.29, 1.82) is 0 Å². The molecule has 0 saturated heterocycles. The van der Waals surface area contributed by atoms with Crippen LogP contribution >= 0.6 is 0 Å². The molecular formula is C17H18O3. The molecule has 2 aromatic carbocycles. The average molecular weight is 270 g/mol. The lowest BCUT2D eigenvalue weighted by Gasteiger charge is -2.21. The third kappa shape index (κ3) is 2.57. The molecule has 0 N–H and O–H groups in total. The van der Waals surface area contributed by atoms with Crippen LogP contribution in [0.1, 0.15) is 25.3 Å². The van der Waals surface area contributed by atoms with Gasteiger partial charge in [-0.05, 0) is 23.3 Å². The van der Waals surface area contributed by atoms with Crippen LogP contribution in [0.4, 0.5) is 0 Å². The quantitative estimate of drug-likeness (QED) is 0.632. The molecule has 0 heterocycles. The molecule has 0 fully saturated rings. The van der Waals surface area contributed by atoms with E-state index in [9.17, 15) is 9.59 Å². The highest BCUT2D eigenvalue weighted by atomic mass is 16.5. The lowest BCUT2D eigenvalue weighted by Crippen LogP contribution is -2.28. The molecule has 3 heteroatoms. The number of esters is 1. The Morgan fingerprint density at radius 1 is 1.05 bits per heavy atom. The molecule has 0 aliphatic carbocycles. The zero-order valence-corrected chi connectivity index (χ0v) is 11.9. The molecule has 0 aliphatic heterocycles. The van der Waals surface area contributed by atoms with Crippen LogP contribution in [0, 0.1) is 5.92 Å². The van der Waals surface area contributed by atoms with Gasteiger partial charge in [-0.1, -0.05) is 49.4 Å². The minimum Gasteiger partial charge on any atom is -0.468 e. The van der Waals surface area contributed by atoms with Crippen molar-refractivity contribution < 1.29 is 14.3 Å². The van der Waals surface area contributed by atoms with Crippen molar-refractivity contribution in [1.82, 2.24) is 0 Å². The van der Waals surface area contributed by atoms with Crippen LogP contribution in [-0.2, 0) is 14.3 Å². The molecule has 0 aliphatic rings. The molecule has 20 heavy (non-hydrogen) atoms. The fourth-order valence-corrected chi connectivity index (χ4v) is 2.68. The Hall–Kier alpha value is -2.16. The highest BCUT2D eigenvalue weighted by Crippen LogP contribution is 2.31. The number of Topliss-reactive ketones (excluding diaryl/α,β-unsaturated/α-hetero) is 1. The van der Waals surface area contributed by atoms with Gasteiger partial charge in [-0.15, -0.1) is 0 Å². The van der Waals surface area contributed by atoms with Gasteiger partial charge in [-0.25, -0.2) is 0 Å². The third-order valence-electron chi connectivity index (χ3n) is 3.71. The normalized spacial score (nSPS) is 13.8. The first kappa shape index (κ1) is 14.3. The molecule has 104 valence electrons. The second-order valence-electron chi connectivity index (χ2n) is 4.97. The van der Waals surface area contributed by atoms with E-state index >= 15 is 0 Å². The Bertz CT molecular complexity index is 640. The van der Waals surface area contributed by atoms with E-state index in [0.29, 0.717) is 0 Å². The zero-order chi connectivity index (χ0) is 14.7. The standard InChI is InChI=1S/C17H18O3/c1-11(16(12(2)18)17(19)20-3)14-10-6-8-13-7-4-5-9-15(13)14/h4-11,16H,1-3H3. The number of hydrogen-bond donors (Lipinski definition) is 0. The van der Waals surface area contributed by atoms with E-state index in [2.05, 4.69) is 0 Å². The lowest BCUT2D eigenvalue weighted by molar-refractivity contribution is -0.149. The van der Waals surface area contributed by atoms with Crippen molar-refractivity contribution >= 4 is 22.5 Å². The van der Waals surface area contributed by atoms with E-state index in [1.165, 1.54) is 14.0 Å². The van der Waals surface area contributed by atoms with Crippen molar-refractivity contribution in [2.24, 2.45) is 5.92 Å². The van der Waals surface area contributed by atoms with Crippen LogP contribution in [0.3, 0.4) is 0 Å². The summed E-state index contributed by atoms with van der Waals surface area (Å²) in [6.45, 7) is 3.33. The maximum Gasteiger partial charge on any atom is 0.316 e. The summed E-state index contributed by atoms with van der Waals surface area (Å²) in [5.41, 5.74) is 0.994. The molecule has 0 radical (unpaired) electrons. The van der Waals surface area contributed by atoms with E-state index in [-0.39, 0.29) is 11.7 Å². The van der Waals surface area contributed by atoms with Crippen LogP contribution in [0.25, 0.3) is 10.8 Å². The molecule has 3 nitrogen and oxygen atoms in total. The highest BCUT2D eigenvalue weighted by molar-refractivity contribution is 5.99. The summed E-state index contributed by atoms with van der Waals surface area (Å²) >= 11 is 0. The van der Waals surface area contributed by atoms with E-state index in [1.807, 2.05) is 49.4 Å². The van der Waals surface area contributed by atoms with Crippen LogP contribution in [-0.4, -0.2) is 18.9 Å². The van der Waals surface area contributed by atoms with Gasteiger partial charge >= 0.3 is 5.97 Å². The van der Waals surface area contributed by atoms with Gasteiger partial charge in [0.05, 0.1) is 7.11 Å². The fourth-order valence-electron chi connectivity index (χ4n) is 2.68. The number of ether oxygens (including phenoxy) is 1. The second-order valence-corrected chi connectivity index (χ2v) is 4.97. The SMILES string of the molecule is COC(=O)C(C(C)=O)C(C)c1cccc2ccccc12. The first-order chi connectivity index (χ1) is 9.56. The second kappa shape index (κ2) is 5.87. The van der Waals surface area contributed by atoms with Gasteiger partial charge in [0.25, 0.3) is 0 Å². The van der Waals surface area contributed by atoms with Crippen LogP contribution in [0.5, 0.6) is 0 Å². The first-order valence-electron chi connectivity index (χ1n) is 6.62. The van der Waals surface area contributed by atoms with Gasteiger partial charge in [0.15, 0.2) is 0 Å². The van der Waals surface area contributed by atoms with Crippen LogP contribution in [0.15, 0.2) is 42.5 Å². The Morgan fingerprint density at radius 3 is 2.35 bits per heavy atom. The lowest BCUT2D eigenvalue weighted by atomic mass is 9.83. The topological polar surface area (TPSA) is 43.4 Å². The Labute approximate surface area is 118 Å². The van der Waals surface area contributed by atoms with Gasteiger partial charge in [0.2, 0.25) is 0 Å².